The highest BCUT2D eigenvalue weighted by Crippen LogP contribution is 2.32. The summed E-state index contributed by atoms with van der Waals surface area (Å²) >= 11 is 0.981. The highest BCUT2D eigenvalue weighted by Gasteiger charge is 2.16. The van der Waals surface area contributed by atoms with Crippen LogP contribution in [0, 0.1) is 16.5 Å². The number of nitriles is 1. The first kappa shape index (κ1) is 11.8. The molecule has 0 fully saturated rings. The third-order valence-corrected chi connectivity index (χ3v) is 3.42. The molecule has 2 aromatic heterocycles. The van der Waals surface area contributed by atoms with Crippen LogP contribution in [0.4, 0.5) is 4.39 Å². The lowest BCUT2D eigenvalue weighted by molar-refractivity contribution is 0.629. The molecule has 0 bridgehead atoms. The molecule has 0 aliphatic rings. The van der Waals surface area contributed by atoms with Gasteiger partial charge in [0.1, 0.15) is 16.1 Å². The van der Waals surface area contributed by atoms with Crippen molar-refractivity contribution in [1.82, 2.24) is 9.38 Å². The van der Waals surface area contributed by atoms with Gasteiger partial charge in [-0.25, -0.2) is 9.37 Å². The number of hydrogen-bond acceptors (Lipinski definition) is 3. The van der Waals surface area contributed by atoms with E-state index < -0.39 is 5.82 Å². The van der Waals surface area contributed by atoms with Crippen molar-refractivity contribution in [2.24, 2.45) is 0 Å². The van der Waals surface area contributed by atoms with Gasteiger partial charge in [-0.05, 0) is 12.1 Å². The van der Waals surface area contributed by atoms with E-state index in [0.717, 1.165) is 17.3 Å². The van der Waals surface area contributed by atoms with Gasteiger partial charge in [-0.15, -0.1) is 0 Å². The summed E-state index contributed by atoms with van der Waals surface area (Å²) in [7, 11) is 0. The number of fused-ring (bicyclic) bond motifs is 1. The Kier molecular flexibility index (Phi) is 2.94. The molecule has 3 nitrogen and oxygen atoms in total. The summed E-state index contributed by atoms with van der Waals surface area (Å²) in [6.07, 6.45) is 1.71. The number of rotatable bonds is 2. The van der Waals surface area contributed by atoms with Crippen molar-refractivity contribution in [2.45, 2.75) is 5.03 Å². The smallest absolute Gasteiger partial charge is 0.174 e. The molecule has 0 N–H and O–H groups in total. The summed E-state index contributed by atoms with van der Waals surface area (Å²) < 4.78 is 15.4. The maximum Gasteiger partial charge on any atom is 0.174 e. The molecule has 0 saturated carbocycles. The lowest BCUT2D eigenvalue weighted by Gasteiger charge is -1.99. The Morgan fingerprint density at radius 2 is 1.95 bits per heavy atom. The minimum absolute atomic E-state index is 0.235. The van der Waals surface area contributed by atoms with E-state index in [1.54, 1.807) is 16.7 Å². The topological polar surface area (TPSA) is 41.1 Å². The molecular weight excluding hydrogens is 261 g/mol. The zero-order chi connectivity index (χ0) is 13.2. The van der Waals surface area contributed by atoms with Crippen molar-refractivity contribution in [1.29, 1.82) is 5.26 Å². The second-order valence-corrected chi connectivity index (χ2v) is 4.65. The van der Waals surface area contributed by atoms with Crippen LogP contribution in [0.3, 0.4) is 0 Å². The molecule has 3 rings (SSSR count). The molecule has 3 aromatic rings. The SMILES string of the molecule is N#CSc1c(-c2ccccc2)nc2c(F)cccn12. The summed E-state index contributed by atoms with van der Waals surface area (Å²) in [6, 6.07) is 12.4. The Labute approximate surface area is 113 Å². The molecule has 19 heavy (non-hydrogen) atoms. The van der Waals surface area contributed by atoms with E-state index in [9.17, 15) is 4.39 Å². The van der Waals surface area contributed by atoms with Crippen molar-refractivity contribution < 1.29 is 4.39 Å². The number of thioether (sulfide) groups is 1. The van der Waals surface area contributed by atoms with Crippen LogP contribution in [0.25, 0.3) is 16.9 Å². The average Bonchev–Trinajstić information content (AvgIpc) is 2.81. The van der Waals surface area contributed by atoms with Crippen molar-refractivity contribution in [2.75, 3.05) is 0 Å². The third-order valence-electron chi connectivity index (χ3n) is 2.75. The first-order valence-electron chi connectivity index (χ1n) is 5.59. The maximum absolute atomic E-state index is 13.8. The number of benzene rings is 1. The number of nitrogens with zero attached hydrogens (tertiary/aromatic N) is 3. The van der Waals surface area contributed by atoms with Crippen molar-refractivity contribution in [3.8, 4) is 16.7 Å². The first-order valence-corrected chi connectivity index (χ1v) is 6.41. The lowest BCUT2D eigenvalue weighted by Crippen LogP contribution is -1.88. The Morgan fingerprint density at radius 3 is 2.68 bits per heavy atom. The van der Waals surface area contributed by atoms with Crippen LogP contribution < -0.4 is 0 Å². The third kappa shape index (κ3) is 1.96. The maximum atomic E-state index is 13.8. The fraction of sp³-hybridized carbons (Fsp3) is 0. The fourth-order valence-corrected chi connectivity index (χ4v) is 2.53. The summed E-state index contributed by atoms with van der Waals surface area (Å²) in [5.74, 6) is -0.399. The van der Waals surface area contributed by atoms with E-state index in [-0.39, 0.29) is 5.65 Å². The quantitative estimate of drug-likeness (QED) is 0.526. The van der Waals surface area contributed by atoms with Gasteiger partial charge in [0.15, 0.2) is 11.5 Å². The van der Waals surface area contributed by atoms with Gasteiger partial charge in [0.2, 0.25) is 0 Å². The van der Waals surface area contributed by atoms with Crippen molar-refractivity contribution in [3.63, 3.8) is 0 Å². The molecular formula is C14H8FN3S. The average molecular weight is 269 g/mol. The zero-order valence-corrected chi connectivity index (χ0v) is 10.6. The van der Waals surface area contributed by atoms with Crippen LogP contribution in [0.1, 0.15) is 0 Å². The van der Waals surface area contributed by atoms with E-state index in [0.29, 0.717) is 10.7 Å². The summed E-state index contributed by atoms with van der Waals surface area (Å²) in [5, 5.41) is 11.6. The van der Waals surface area contributed by atoms with Gasteiger partial charge in [-0.2, -0.15) is 5.26 Å². The van der Waals surface area contributed by atoms with E-state index in [4.69, 9.17) is 5.26 Å². The second kappa shape index (κ2) is 4.75. The van der Waals surface area contributed by atoms with Crippen molar-refractivity contribution in [3.05, 3.63) is 54.5 Å². The van der Waals surface area contributed by atoms with E-state index in [1.807, 2.05) is 35.7 Å². The minimum atomic E-state index is -0.399. The number of thiocyanates is 1. The van der Waals surface area contributed by atoms with Gasteiger partial charge < -0.3 is 0 Å². The van der Waals surface area contributed by atoms with Crippen molar-refractivity contribution >= 4 is 17.4 Å². The first-order chi connectivity index (χ1) is 9.31. The molecule has 0 aliphatic carbocycles. The summed E-state index contributed by atoms with van der Waals surface area (Å²) in [4.78, 5) is 4.32. The van der Waals surface area contributed by atoms with E-state index in [2.05, 4.69) is 4.98 Å². The van der Waals surface area contributed by atoms with Crippen LogP contribution in [-0.4, -0.2) is 9.38 Å². The van der Waals surface area contributed by atoms with Crippen LogP contribution >= 0.6 is 11.8 Å². The molecule has 0 unspecified atom stereocenters. The minimum Gasteiger partial charge on any atom is -0.291 e. The molecule has 0 radical (unpaired) electrons. The fourth-order valence-electron chi connectivity index (χ4n) is 1.94. The van der Waals surface area contributed by atoms with Crippen LogP contribution in [0.5, 0.6) is 0 Å². The number of imidazole rings is 1. The summed E-state index contributed by atoms with van der Waals surface area (Å²) in [5.41, 5.74) is 1.72. The standard InChI is InChI=1S/C14H8FN3S/c15-11-7-4-8-18-13(11)17-12(14(18)19-9-16)10-5-2-1-3-6-10/h1-8H. The molecule has 2 heterocycles. The summed E-state index contributed by atoms with van der Waals surface area (Å²) in [6.45, 7) is 0. The number of pyridine rings is 1. The Balaban J connectivity index is 2.33. The molecule has 5 heteroatoms. The molecule has 0 spiro atoms. The molecule has 0 saturated heterocycles. The van der Waals surface area contributed by atoms with E-state index >= 15 is 0 Å². The molecule has 0 amide bonds. The Morgan fingerprint density at radius 1 is 1.16 bits per heavy atom. The number of aromatic nitrogens is 2. The molecule has 1 aromatic carbocycles. The molecule has 0 aliphatic heterocycles. The van der Waals surface area contributed by atoms with Gasteiger partial charge in [0.25, 0.3) is 0 Å². The second-order valence-electron chi connectivity index (χ2n) is 3.87. The van der Waals surface area contributed by atoms with Gasteiger partial charge in [0.05, 0.1) is 0 Å². The highest BCUT2D eigenvalue weighted by atomic mass is 32.2. The van der Waals surface area contributed by atoms with Gasteiger partial charge in [-0.1, -0.05) is 30.3 Å². The van der Waals surface area contributed by atoms with Crippen LogP contribution in [0.15, 0.2) is 53.7 Å². The Hall–Kier alpha value is -2.32. The number of halogens is 1. The van der Waals surface area contributed by atoms with Crippen LogP contribution in [-0.2, 0) is 0 Å². The highest BCUT2D eigenvalue weighted by molar-refractivity contribution is 8.03. The normalized spacial score (nSPS) is 10.5. The molecule has 0 atom stereocenters. The monoisotopic (exact) mass is 269 g/mol. The van der Waals surface area contributed by atoms with Gasteiger partial charge >= 0.3 is 0 Å². The number of hydrogen-bond donors (Lipinski definition) is 0. The molecule has 92 valence electrons. The van der Waals surface area contributed by atoms with E-state index in [1.165, 1.54) is 6.07 Å². The Bertz CT molecular complexity index is 774. The predicted molar refractivity (Wildman–Crippen MR) is 72.1 cm³/mol. The predicted octanol–water partition coefficient (Wildman–Crippen LogP) is 3.71. The zero-order valence-electron chi connectivity index (χ0n) is 9.75. The van der Waals surface area contributed by atoms with Gasteiger partial charge in [0, 0.05) is 23.5 Å². The lowest BCUT2D eigenvalue weighted by atomic mass is 10.2. The largest absolute Gasteiger partial charge is 0.291 e. The van der Waals surface area contributed by atoms with Crippen LogP contribution in [0.2, 0.25) is 0 Å². The van der Waals surface area contributed by atoms with Gasteiger partial charge in [-0.3, -0.25) is 4.40 Å².